The van der Waals surface area contributed by atoms with Crippen LogP contribution in [-0.4, -0.2) is 28.8 Å². The Kier molecular flexibility index (Phi) is 7.33. The second-order valence-corrected chi connectivity index (χ2v) is 9.18. The van der Waals surface area contributed by atoms with Crippen molar-refractivity contribution < 1.29 is 9.59 Å². The summed E-state index contributed by atoms with van der Waals surface area (Å²) in [6.07, 6.45) is 1.80. The molecule has 2 amide bonds. The summed E-state index contributed by atoms with van der Waals surface area (Å²) in [5.74, 6) is 0.180. The lowest BCUT2D eigenvalue weighted by Gasteiger charge is -2.20. The van der Waals surface area contributed by atoms with E-state index in [4.69, 9.17) is 0 Å². The van der Waals surface area contributed by atoms with Crippen LogP contribution in [0.1, 0.15) is 50.3 Å². The molecule has 31 heavy (non-hydrogen) atoms. The Morgan fingerprint density at radius 1 is 1.10 bits per heavy atom. The lowest BCUT2D eigenvalue weighted by molar-refractivity contribution is -0.120. The van der Waals surface area contributed by atoms with Gasteiger partial charge < -0.3 is 5.32 Å². The summed E-state index contributed by atoms with van der Waals surface area (Å²) in [6, 6.07) is 15.9. The SMILES string of the molecule is CCNC(=O)C(C)SC1=N/C(=C\c2ccc(C(C)C)cc2)C(=O)N1c1ccc(C)cc1. The van der Waals surface area contributed by atoms with Gasteiger partial charge in [-0.2, -0.15) is 0 Å². The molecule has 0 spiro atoms. The molecule has 2 aromatic carbocycles. The van der Waals surface area contributed by atoms with Gasteiger partial charge in [0.05, 0.1) is 10.9 Å². The zero-order valence-corrected chi connectivity index (χ0v) is 19.5. The van der Waals surface area contributed by atoms with E-state index in [1.54, 1.807) is 11.0 Å². The van der Waals surface area contributed by atoms with Gasteiger partial charge >= 0.3 is 0 Å². The predicted octanol–water partition coefficient (Wildman–Crippen LogP) is 5.12. The number of carbonyl (C=O) groups excluding carboxylic acids is 2. The van der Waals surface area contributed by atoms with E-state index in [1.807, 2.05) is 57.2 Å². The van der Waals surface area contributed by atoms with Crippen molar-refractivity contribution in [3.63, 3.8) is 0 Å². The highest BCUT2D eigenvalue weighted by Gasteiger charge is 2.34. The van der Waals surface area contributed by atoms with Crippen LogP contribution in [0.25, 0.3) is 6.08 Å². The minimum atomic E-state index is -0.371. The molecule has 0 radical (unpaired) electrons. The third kappa shape index (κ3) is 5.44. The first kappa shape index (κ1) is 22.8. The first-order chi connectivity index (χ1) is 14.8. The number of aryl methyl sites for hydroxylation is 1. The molecule has 1 N–H and O–H groups in total. The number of amidine groups is 1. The molecule has 2 aromatic rings. The zero-order valence-electron chi connectivity index (χ0n) is 18.7. The molecule has 0 aliphatic carbocycles. The third-order valence-electron chi connectivity index (χ3n) is 5.03. The topological polar surface area (TPSA) is 61.8 Å². The molecule has 1 aliphatic heterocycles. The molecule has 1 heterocycles. The summed E-state index contributed by atoms with van der Waals surface area (Å²) in [4.78, 5) is 31.8. The van der Waals surface area contributed by atoms with Crippen LogP contribution in [0.4, 0.5) is 5.69 Å². The van der Waals surface area contributed by atoms with Crippen molar-refractivity contribution in [1.82, 2.24) is 5.32 Å². The van der Waals surface area contributed by atoms with Crippen molar-refractivity contribution in [2.75, 3.05) is 11.4 Å². The van der Waals surface area contributed by atoms with Gasteiger partial charge in [-0.3, -0.25) is 14.5 Å². The number of anilines is 1. The van der Waals surface area contributed by atoms with E-state index in [9.17, 15) is 9.59 Å². The number of hydrogen-bond donors (Lipinski definition) is 1. The van der Waals surface area contributed by atoms with Crippen molar-refractivity contribution in [1.29, 1.82) is 0 Å². The minimum Gasteiger partial charge on any atom is -0.355 e. The van der Waals surface area contributed by atoms with Crippen LogP contribution in [0.5, 0.6) is 0 Å². The Hall–Kier alpha value is -2.86. The standard InChI is InChI=1S/C25H29N3O2S/c1-6-26-23(29)18(5)31-25-27-22(15-19-9-11-20(12-10-19)16(2)3)24(30)28(25)21-13-7-17(4)8-14-21/h7-16,18H,6H2,1-5H3,(H,26,29)/b22-15-. The summed E-state index contributed by atoms with van der Waals surface area (Å²) in [7, 11) is 0. The number of hydrogen-bond acceptors (Lipinski definition) is 4. The predicted molar refractivity (Wildman–Crippen MR) is 130 cm³/mol. The van der Waals surface area contributed by atoms with E-state index >= 15 is 0 Å². The molecular formula is C25H29N3O2S. The largest absolute Gasteiger partial charge is 0.355 e. The summed E-state index contributed by atoms with van der Waals surface area (Å²) in [5, 5.41) is 2.97. The summed E-state index contributed by atoms with van der Waals surface area (Å²) in [5.41, 5.74) is 4.38. The van der Waals surface area contributed by atoms with Gasteiger partial charge in [0.1, 0.15) is 5.70 Å². The number of thioether (sulfide) groups is 1. The van der Waals surface area contributed by atoms with Crippen LogP contribution in [-0.2, 0) is 9.59 Å². The molecule has 3 rings (SSSR count). The highest BCUT2D eigenvalue weighted by molar-refractivity contribution is 8.15. The Morgan fingerprint density at radius 3 is 2.32 bits per heavy atom. The second-order valence-electron chi connectivity index (χ2n) is 7.88. The maximum absolute atomic E-state index is 13.3. The van der Waals surface area contributed by atoms with Gasteiger partial charge in [-0.25, -0.2) is 4.99 Å². The molecule has 1 atom stereocenters. The Morgan fingerprint density at radius 2 is 1.74 bits per heavy atom. The van der Waals surface area contributed by atoms with E-state index < -0.39 is 0 Å². The number of aliphatic imine (C=N–C) groups is 1. The molecule has 0 fully saturated rings. The van der Waals surface area contributed by atoms with Crippen LogP contribution >= 0.6 is 11.8 Å². The first-order valence-corrected chi connectivity index (χ1v) is 11.4. The molecule has 162 valence electrons. The average molecular weight is 436 g/mol. The van der Waals surface area contributed by atoms with E-state index in [0.717, 1.165) is 16.8 Å². The number of amides is 2. The van der Waals surface area contributed by atoms with Gasteiger partial charge in [0.15, 0.2) is 5.17 Å². The lowest BCUT2D eigenvalue weighted by Crippen LogP contribution is -2.35. The number of benzene rings is 2. The smallest absolute Gasteiger partial charge is 0.283 e. The maximum atomic E-state index is 13.3. The summed E-state index contributed by atoms with van der Waals surface area (Å²) in [6.45, 7) is 10.6. The average Bonchev–Trinajstić information content (AvgIpc) is 3.04. The van der Waals surface area contributed by atoms with Gasteiger partial charge in [0, 0.05) is 6.54 Å². The van der Waals surface area contributed by atoms with Gasteiger partial charge in [-0.1, -0.05) is 67.6 Å². The molecule has 5 nitrogen and oxygen atoms in total. The second kappa shape index (κ2) is 9.96. The van der Waals surface area contributed by atoms with Crippen molar-refractivity contribution in [3.8, 4) is 0 Å². The minimum absolute atomic E-state index is 0.0757. The molecule has 0 saturated heterocycles. The first-order valence-electron chi connectivity index (χ1n) is 10.6. The fourth-order valence-electron chi connectivity index (χ4n) is 3.16. The lowest BCUT2D eigenvalue weighted by atomic mass is 10.0. The number of rotatable bonds is 6. The number of carbonyl (C=O) groups is 2. The molecule has 1 unspecified atom stereocenters. The van der Waals surface area contributed by atoms with Gasteiger partial charge in [0.25, 0.3) is 5.91 Å². The monoisotopic (exact) mass is 435 g/mol. The van der Waals surface area contributed by atoms with E-state index in [0.29, 0.717) is 23.3 Å². The van der Waals surface area contributed by atoms with Gasteiger partial charge in [-0.15, -0.1) is 0 Å². The Bertz CT molecular complexity index is 1010. The zero-order chi connectivity index (χ0) is 22.5. The number of nitrogens with zero attached hydrogens (tertiary/aromatic N) is 2. The van der Waals surface area contributed by atoms with Crippen molar-refractivity contribution >= 4 is 40.5 Å². The normalized spacial score (nSPS) is 16.1. The van der Waals surface area contributed by atoms with Gasteiger partial charge in [-0.05, 0) is 56.0 Å². The van der Waals surface area contributed by atoms with E-state index in [2.05, 4.69) is 36.3 Å². The van der Waals surface area contributed by atoms with Crippen molar-refractivity contribution in [2.24, 2.45) is 4.99 Å². The van der Waals surface area contributed by atoms with Crippen molar-refractivity contribution in [2.45, 2.75) is 45.8 Å². The molecule has 0 bridgehead atoms. The molecular weight excluding hydrogens is 406 g/mol. The maximum Gasteiger partial charge on any atom is 0.283 e. The van der Waals surface area contributed by atoms with Crippen LogP contribution in [0.3, 0.4) is 0 Å². The molecule has 6 heteroatoms. The molecule has 0 aromatic heterocycles. The van der Waals surface area contributed by atoms with E-state index in [1.165, 1.54) is 17.3 Å². The fraction of sp³-hybridized carbons (Fsp3) is 0.320. The fourth-order valence-corrected chi connectivity index (χ4v) is 4.11. The molecule has 1 aliphatic rings. The van der Waals surface area contributed by atoms with E-state index in [-0.39, 0.29) is 17.1 Å². The molecule has 0 saturated carbocycles. The van der Waals surface area contributed by atoms with Crippen LogP contribution < -0.4 is 10.2 Å². The Labute approximate surface area is 188 Å². The highest BCUT2D eigenvalue weighted by atomic mass is 32.2. The number of nitrogens with one attached hydrogen (secondary N) is 1. The van der Waals surface area contributed by atoms with Crippen molar-refractivity contribution in [3.05, 3.63) is 70.9 Å². The van der Waals surface area contributed by atoms with Gasteiger partial charge in [0.2, 0.25) is 5.91 Å². The summed E-state index contributed by atoms with van der Waals surface area (Å²) < 4.78 is 0. The van der Waals surface area contributed by atoms with Crippen LogP contribution in [0.15, 0.2) is 59.2 Å². The van der Waals surface area contributed by atoms with Crippen LogP contribution in [0, 0.1) is 6.92 Å². The highest BCUT2D eigenvalue weighted by Crippen LogP contribution is 2.31. The third-order valence-corrected chi connectivity index (χ3v) is 6.08. The van der Waals surface area contributed by atoms with Crippen LogP contribution in [0.2, 0.25) is 0 Å². The quantitative estimate of drug-likeness (QED) is 0.641. The Balaban J connectivity index is 1.94. The summed E-state index contributed by atoms with van der Waals surface area (Å²) >= 11 is 1.29.